The zero-order valence-electron chi connectivity index (χ0n) is 12.0. The zero-order chi connectivity index (χ0) is 16.2. The second-order valence-electron chi connectivity index (χ2n) is 4.66. The van der Waals surface area contributed by atoms with E-state index in [1.54, 1.807) is 24.3 Å². The highest BCUT2D eigenvalue weighted by Gasteiger charge is 2.19. The van der Waals surface area contributed by atoms with Crippen LogP contribution in [0.25, 0.3) is 0 Å². The van der Waals surface area contributed by atoms with Crippen molar-refractivity contribution in [3.05, 3.63) is 66.7 Å². The Balaban J connectivity index is 2.35. The maximum Gasteiger partial charge on any atom is 0.263 e. The Morgan fingerprint density at radius 1 is 1.09 bits per heavy atom. The zero-order valence-corrected chi connectivity index (χ0v) is 12.9. The lowest BCUT2D eigenvalue weighted by atomic mass is 10.2. The molecule has 0 heterocycles. The first kappa shape index (κ1) is 15.8. The molecule has 0 atom stereocenters. The number of nitrogens with one attached hydrogen (secondary N) is 2. The van der Waals surface area contributed by atoms with Gasteiger partial charge in [0.25, 0.3) is 10.0 Å². The summed E-state index contributed by atoms with van der Waals surface area (Å²) in [5.74, 6) is -0.474. The third kappa shape index (κ3) is 3.73. The maximum absolute atomic E-state index is 12.5. The first-order valence-corrected chi connectivity index (χ1v) is 8.02. The molecule has 1 amide bonds. The minimum Gasteiger partial charge on any atom is -0.321 e. The summed E-state index contributed by atoms with van der Waals surface area (Å²) in [6, 6.07) is 13.2. The van der Waals surface area contributed by atoms with E-state index in [0.29, 0.717) is 5.69 Å². The van der Waals surface area contributed by atoms with E-state index >= 15 is 0 Å². The van der Waals surface area contributed by atoms with Gasteiger partial charge in [0, 0.05) is 5.69 Å². The van der Waals surface area contributed by atoms with Gasteiger partial charge < -0.3 is 5.32 Å². The molecule has 0 fully saturated rings. The number of hydrogen-bond donors (Lipinski definition) is 2. The summed E-state index contributed by atoms with van der Waals surface area (Å²) in [6.07, 6.45) is 1.08. The predicted molar refractivity (Wildman–Crippen MR) is 87.3 cm³/mol. The minimum atomic E-state index is -3.81. The van der Waals surface area contributed by atoms with E-state index in [-0.39, 0.29) is 10.6 Å². The molecule has 0 aromatic heterocycles. The number of sulfonamides is 1. The fraction of sp³-hybridized carbons (Fsp3) is 0.0625. The van der Waals surface area contributed by atoms with Crippen LogP contribution in [0.4, 0.5) is 11.4 Å². The quantitative estimate of drug-likeness (QED) is 0.833. The predicted octanol–water partition coefficient (Wildman–Crippen LogP) is 2.92. The van der Waals surface area contributed by atoms with Crippen molar-refractivity contribution in [1.29, 1.82) is 0 Å². The average molecular weight is 316 g/mol. The van der Waals surface area contributed by atoms with Crippen LogP contribution >= 0.6 is 0 Å². The molecule has 0 bridgehead atoms. The molecule has 2 rings (SSSR count). The van der Waals surface area contributed by atoms with Crippen LogP contribution in [0.1, 0.15) is 5.56 Å². The summed E-state index contributed by atoms with van der Waals surface area (Å²) in [5.41, 5.74) is 1.68. The number of rotatable bonds is 5. The summed E-state index contributed by atoms with van der Waals surface area (Å²) in [6.45, 7) is 5.26. The Hall–Kier alpha value is -2.60. The van der Waals surface area contributed by atoms with Gasteiger partial charge in [-0.25, -0.2) is 8.42 Å². The number of carbonyl (C=O) groups is 1. The Morgan fingerprint density at radius 2 is 1.73 bits per heavy atom. The van der Waals surface area contributed by atoms with Crippen molar-refractivity contribution in [1.82, 2.24) is 0 Å². The number of hydrogen-bond acceptors (Lipinski definition) is 3. The second kappa shape index (κ2) is 6.44. The van der Waals surface area contributed by atoms with Crippen molar-refractivity contribution < 1.29 is 13.2 Å². The molecular formula is C16H16N2O3S. The summed E-state index contributed by atoms with van der Waals surface area (Å²) < 4.78 is 27.5. The molecule has 2 aromatic rings. The number of aryl methyl sites for hydroxylation is 1. The lowest BCUT2D eigenvalue weighted by molar-refractivity contribution is -0.111. The highest BCUT2D eigenvalue weighted by atomic mass is 32.2. The van der Waals surface area contributed by atoms with Gasteiger partial charge in [0.2, 0.25) is 5.91 Å². The van der Waals surface area contributed by atoms with Crippen LogP contribution in [0.5, 0.6) is 0 Å². The third-order valence-electron chi connectivity index (χ3n) is 2.92. The van der Waals surface area contributed by atoms with Gasteiger partial charge in [-0.2, -0.15) is 0 Å². The Bertz CT molecular complexity index is 796. The lowest BCUT2D eigenvalue weighted by Gasteiger charge is -2.12. The van der Waals surface area contributed by atoms with Crippen molar-refractivity contribution in [2.75, 3.05) is 10.0 Å². The van der Waals surface area contributed by atoms with E-state index in [0.717, 1.165) is 11.6 Å². The topological polar surface area (TPSA) is 75.3 Å². The summed E-state index contributed by atoms with van der Waals surface area (Å²) in [4.78, 5) is 11.4. The van der Waals surface area contributed by atoms with Crippen LogP contribution in [0.15, 0.2) is 66.1 Å². The van der Waals surface area contributed by atoms with Crippen LogP contribution in [0.2, 0.25) is 0 Å². The number of carbonyl (C=O) groups excluding carboxylic acids is 1. The van der Waals surface area contributed by atoms with E-state index in [1.807, 2.05) is 19.1 Å². The van der Waals surface area contributed by atoms with Crippen LogP contribution in [-0.2, 0) is 14.8 Å². The van der Waals surface area contributed by atoms with Crippen LogP contribution in [-0.4, -0.2) is 14.3 Å². The molecule has 0 aliphatic rings. The van der Waals surface area contributed by atoms with E-state index in [4.69, 9.17) is 0 Å². The molecule has 114 valence electrons. The fourth-order valence-electron chi connectivity index (χ4n) is 1.82. The summed E-state index contributed by atoms with van der Waals surface area (Å²) in [7, 11) is -3.81. The molecule has 22 heavy (non-hydrogen) atoms. The molecular weight excluding hydrogens is 300 g/mol. The van der Waals surface area contributed by atoms with Crippen molar-refractivity contribution in [3.8, 4) is 0 Å². The number of amides is 1. The molecule has 0 aliphatic heterocycles. The molecule has 0 unspecified atom stereocenters. The molecule has 5 nitrogen and oxygen atoms in total. The molecule has 0 aliphatic carbocycles. The highest BCUT2D eigenvalue weighted by Crippen LogP contribution is 2.23. The first-order chi connectivity index (χ1) is 10.4. The smallest absolute Gasteiger partial charge is 0.263 e. The largest absolute Gasteiger partial charge is 0.321 e. The van der Waals surface area contributed by atoms with Gasteiger partial charge in [-0.05, 0) is 37.3 Å². The van der Waals surface area contributed by atoms with Crippen molar-refractivity contribution in [2.24, 2.45) is 0 Å². The average Bonchev–Trinajstić information content (AvgIpc) is 2.49. The number of anilines is 2. The third-order valence-corrected chi connectivity index (χ3v) is 4.36. The van der Waals surface area contributed by atoms with Gasteiger partial charge in [0.1, 0.15) is 4.90 Å². The Labute approximate surface area is 129 Å². The highest BCUT2D eigenvalue weighted by molar-refractivity contribution is 7.92. The first-order valence-electron chi connectivity index (χ1n) is 6.54. The Morgan fingerprint density at radius 3 is 2.36 bits per heavy atom. The molecule has 6 heteroatoms. The van der Waals surface area contributed by atoms with Crippen LogP contribution in [0.3, 0.4) is 0 Å². The standard InChI is InChI=1S/C16H16N2O3S/c1-3-16(19)17-14-6-4-5-7-15(14)22(20,21)18-13-10-8-12(2)9-11-13/h3-11,18H,1H2,2H3,(H,17,19). The van der Waals surface area contributed by atoms with Crippen LogP contribution < -0.4 is 10.0 Å². The van der Waals surface area contributed by atoms with Gasteiger partial charge in [0.15, 0.2) is 0 Å². The lowest BCUT2D eigenvalue weighted by Crippen LogP contribution is -2.17. The van der Waals surface area contributed by atoms with Gasteiger partial charge in [-0.3, -0.25) is 9.52 Å². The number of para-hydroxylation sites is 1. The summed E-state index contributed by atoms with van der Waals surface area (Å²) >= 11 is 0. The van der Waals surface area contributed by atoms with Crippen molar-refractivity contribution >= 4 is 27.3 Å². The number of benzene rings is 2. The molecule has 0 spiro atoms. The Kier molecular flexibility index (Phi) is 4.62. The van der Waals surface area contributed by atoms with E-state index in [1.165, 1.54) is 12.1 Å². The molecule has 0 radical (unpaired) electrons. The SMILES string of the molecule is C=CC(=O)Nc1ccccc1S(=O)(=O)Nc1ccc(C)cc1. The monoisotopic (exact) mass is 316 g/mol. The van der Waals surface area contributed by atoms with E-state index in [2.05, 4.69) is 16.6 Å². The second-order valence-corrected chi connectivity index (χ2v) is 6.31. The maximum atomic E-state index is 12.5. The fourth-order valence-corrected chi connectivity index (χ4v) is 3.04. The molecule has 2 aromatic carbocycles. The van der Waals surface area contributed by atoms with Crippen LogP contribution in [0, 0.1) is 6.92 Å². The minimum absolute atomic E-state index is 0.00854. The van der Waals surface area contributed by atoms with Gasteiger partial charge in [-0.15, -0.1) is 0 Å². The van der Waals surface area contributed by atoms with Gasteiger partial charge in [0.05, 0.1) is 5.69 Å². The molecule has 2 N–H and O–H groups in total. The molecule has 0 saturated carbocycles. The normalized spacial score (nSPS) is 10.8. The van der Waals surface area contributed by atoms with Crippen molar-refractivity contribution in [2.45, 2.75) is 11.8 Å². The van der Waals surface area contributed by atoms with Crippen molar-refractivity contribution in [3.63, 3.8) is 0 Å². The van der Waals surface area contributed by atoms with Gasteiger partial charge in [-0.1, -0.05) is 36.4 Å². The summed E-state index contributed by atoms with van der Waals surface area (Å²) in [5, 5.41) is 2.49. The molecule has 0 saturated heterocycles. The van der Waals surface area contributed by atoms with E-state index in [9.17, 15) is 13.2 Å². The van der Waals surface area contributed by atoms with E-state index < -0.39 is 15.9 Å². The van der Waals surface area contributed by atoms with Gasteiger partial charge >= 0.3 is 0 Å².